The standard InChI is InChI=1S/C28H26N2O4/c1-34-27(33)28(17-19-11-5-2-6-12-19)23-22(24(29-28)21-15-9-4-10-16-21)25(31)30(26(23)32)18-20-13-7-3-8-14-20/h2-16,22-24,29H,17-18H2,1H3/t22-,23+,24+,28+/m0/s1. The van der Waals surface area contributed by atoms with E-state index in [0.717, 1.165) is 16.7 Å². The van der Waals surface area contributed by atoms with Crippen molar-refractivity contribution in [1.82, 2.24) is 10.2 Å². The molecular formula is C28H26N2O4. The molecule has 0 spiro atoms. The van der Waals surface area contributed by atoms with Crippen LogP contribution >= 0.6 is 0 Å². The Bertz CT molecular complexity index is 1200. The molecule has 2 amide bonds. The Kier molecular flexibility index (Phi) is 5.75. The van der Waals surface area contributed by atoms with Crippen molar-refractivity contribution in [2.24, 2.45) is 11.8 Å². The van der Waals surface area contributed by atoms with Gasteiger partial charge in [-0.1, -0.05) is 91.0 Å². The lowest BCUT2D eigenvalue weighted by atomic mass is 9.76. The van der Waals surface area contributed by atoms with Crippen molar-refractivity contribution >= 4 is 17.8 Å². The summed E-state index contributed by atoms with van der Waals surface area (Å²) in [5.41, 5.74) is 1.24. The molecule has 0 radical (unpaired) electrons. The van der Waals surface area contributed by atoms with E-state index in [4.69, 9.17) is 4.74 Å². The van der Waals surface area contributed by atoms with Crippen LogP contribution in [0.25, 0.3) is 0 Å². The lowest BCUT2D eigenvalue weighted by molar-refractivity contribution is -0.154. The quantitative estimate of drug-likeness (QED) is 0.457. The van der Waals surface area contributed by atoms with Crippen LogP contribution in [0.4, 0.5) is 0 Å². The van der Waals surface area contributed by atoms with E-state index in [9.17, 15) is 14.4 Å². The maximum Gasteiger partial charge on any atom is 0.327 e. The number of nitrogens with zero attached hydrogens (tertiary/aromatic N) is 1. The molecule has 3 aromatic carbocycles. The molecule has 6 heteroatoms. The molecule has 172 valence electrons. The lowest BCUT2D eigenvalue weighted by Gasteiger charge is -2.32. The zero-order valence-corrected chi connectivity index (χ0v) is 18.9. The molecule has 34 heavy (non-hydrogen) atoms. The van der Waals surface area contributed by atoms with Gasteiger partial charge in [-0.15, -0.1) is 0 Å². The lowest BCUT2D eigenvalue weighted by Crippen LogP contribution is -2.57. The third-order valence-corrected chi connectivity index (χ3v) is 6.96. The molecule has 2 aliphatic heterocycles. The highest BCUT2D eigenvalue weighted by molar-refractivity contribution is 6.09. The number of likely N-dealkylation sites (tertiary alicyclic amines) is 1. The Morgan fingerprint density at radius 3 is 2.00 bits per heavy atom. The SMILES string of the molecule is COC(=O)[C@]1(Cc2ccccc2)N[C@H](c2ccccc2)[C@H]2C(=O)N(Cc3ccccc3)C(=O)[C@@H]21. The number of hydrogen-bond acceptors (Lipinski definition) is 5. The monoisotopic (exact) mass is 454 g/mol. The number of nitrogens with one attached hydrogen (secondary N) is 1. The molecule has 5 rings (SSSR count). The van der Waals surface area contributed by atoms with Crippen LogP contribution in [0.1, 0.15) is 22.7 Å². The Hall–Kier alpha value is -3.77. The molecule has 0 aromatic heterocycles. The molecule has 3 aromatic rings. The Balaban J connectivity index is 1.61. The second kappa shape index (κ2) is 8.88. The first kappa shape index (κ1) is 22.0. The van der Waals surface area contributed by atoms with Crippen LogP contribution in [-0.2, 0) is 32.1 Å². The van der Waals surface area contributed by atoms with E-state index >= 15 is 0 Å². The third kappa shape index (κ3) is 3.60. The summed E-state index contributed by atoms with van der Waals surface area (Å²) in [4.78, 5) is 42.3. The Labute approximate surface area is 198 Å². The van der Waals surface area contributed by atoms with Gasteiger partial charge in [0.1, 0.15) is 5.54 Å². The van der Waals surface area contributed by atoms with Crippen molar-refractivity contribution < 1.29 is 19.1 Å². The van der Waals surface area contributed by atoms with Gasteiger partial charge >= 0.3 is 5.97 Å². The van der Waals surface area contributed by atoms with Gasteiger partial charge in [0.2, 0.25) is 11.8 Å². The summed E-state index contributed by atoms with van der Waals surface area (Å²) in [7, 11) is 1.32. The van der Waals surface area contributed by atoms with E-state index < -0.39 is 29.4 Å². The van der Waals surface area contributed by atoms with Crippen LogP contribution in [0.5, 0.6) is 0 Å². The number of methoxy groups -OCH3 is 1. The second-order valence-electron chi connectivity index (χ2n) is 8.91. The highest BCUT2D eigenvalue weighted by Crippen LogP contribution is 2.50. The third-order valence-electron chi connectivity index (χ3n) is 6.96. The van der Waals surface area contributed by atoms with Crippen LogP contribution in [0.3, 0.4) is 0 Å². The van der Waals surface area contributed by atoms with Crippen molar-refractivity contribution in [1.29, 1.82) is 0 Å². The average molecular weight is 455 g/mol. The molecule has 0 aliphatic carbocycles. The van der Waals surface area contributed by atoms with Gasteiger partial charge in [-0.05, 0) is 16.7 Å². The first-order valence-corrected chi connectivity index (χ1v) is 11.4. The zero-order chi connectivity index (χ0) is 23.7. The Morgan fingerprint density at radius 1 is 0.853 bits per heavy atom. The van der Waals surface area contributed by atoms with Crippen molar-refractivity contribution in [3.05, 3.63) is 108 Å². The number of amides is 2. The van der Waals surface area contributed by atoms with Gasteiger partial charge in [0.15, 0.2) is 0 Å². The zero-order valence-electron chi connectivity index (χ0n) is 18.9. The molecule has 2 heterocycles. The van der Waals surface area contributed by atoms with Gasteiger partial charge in [0.25, 0.3) is 0 Å². The van der Waals surface area contributed by atoms with Gasteiger partial charge in [-0.3, -0.25) is 24.6 Å². The number of rotatable bonds is 6. The number of carbonyl (C=O) groups is 3. The highest BCUT2D eigenvalue weighted by Gasteiger charge is 2.68. The number of benzene rings is 3. The van der Waals surface area contributed by atoms with E-state index in [2.05, 4.69) is 5.32 Å². The largest absolute Gasteiger partial charge is 0.468 e. The van der Waals surface area contributed by atoms with Crippen molar-refractivity contribution in [3.8, 4) is 0 Å². The van der Waals surface area contributed by atoms with Gasteiger partial charge in [0, 0.05) is 12.5 Å². The minimum absolute atomic E-state index is 0.176. The van der Waals surface area contributed by atoms with E-state index in [0.29, 0.717) is 0 Å². The summed E-state index contributed by atoms with van der Waals surface area (Å²) in [5.74, 6) is -2.72. The summed E-state index contributed by atoms with van der Waals surface area (Å²) in [6, 6.07) is 28.0. The van der Waals surface area contributed by atoms with Crippen LogP contribution < -0.4 is 5.32 Å². The maximum absolute atomic E-state index is 13.9. The number of fused-ring (bicyclic) bond motifs is 1. The highest BCUT2D eigenvalue weighted by atomic mass is 16.5. The molecule has 6 nitrogen and oxygen atoms in total. The van der Waals surface area contributed by atoms with Crippen LogP contribution in [-0.4, -0.2) is 35.3 Å². The summed E-state index contributed by atoms with van der Waals surface area (Å²) in [6.07, 6.45) is 0.239. The summed E-state index contributed by atoms with van der Waals surface area (Å²) < 4.78 is 5.26. The van der Waals surface area contributed by atoms with Gasteiger partial charge in [-0.25, -0.2) is 0 Å². The summed E-state index contributed by atoms with van der Waals surface area (Å²) in [5, 5.41) is 3.42. The number of esters is 1. The normalized spacial score (nSPS) is 25.9. The fraction of sp³-hybridized carbons (Fsp3) is 0.250. The molecule has 0 bridgehead atoms. The van der Waals surface area contributed by atoms with Gasteiger partial charge in [-0.2, -0.15) is 0 Å². The first-order chi connectivity index (χ1) is 16.5. The predicted molar refractivity (Wildman–Crippen MR) is 126 cm³/mol. The van der Waals surface area contributed by atoms with Gasteiger partial charge in [0.05, 0.1) is 25.5 Å². The summed E-state index contributed by atoms with van der Waals surface area (Å²) >= 11 is 0. The molecule has 4 atom stereocenters. The number of ether oxygens (including phenoxy) is 1. The summed E-state index contributed by atoms with van der Waals surface area (Å²) in [6.45, 7) is 0.176. The van der Waals surface area contributed by atoms with Crippen LogP contribution in [0.15, 0.2) is 91.0 Å². The maximum atomic E-state index is 13.9. The smallest absolute Gasteiger partial charge is 0.327 e. The second-order valence-corrected chi connectivity index (χ2v) is 8.91. The van der Waals surface area contributed by atoms with E-state index in [-0.39, 0.29) is 24.8 Å². The van der Waals surface area contributed by atoms with Gasteiger partial charge < -0.3 is 4.74 Å². The van der Waals surface area contributed by atoms with Crippen LogP contribution in [0.2, 0.25) is 0 Å². The number of imide groups is 1. The molecule has 1 N–H and O–H groups in total. The minimum atomic E-state index is -1.36. The average Bonchev–Trinajstić information content (AvgIpc) is 3.35. The van der Waals surface area contributed by atoms with E-state index in [1.807, 2.05) is 91.0 Å². The molecular weight excluding hydrogens is 428 g/mol. The molecule has 2 saturated heterocycles. The van der Waals surface area contributed by atoms with Crippen molar-refractivity contribution in [3.63, 3.8) is 0 Å². The molecule has 0 saturated carbocycles. The van der Waals surface area contributed by atoms with Crippen molar-refractivity contribution in [2.45, 2.75) is 24.5 Å². The Morgan fingerprint density at radius 2 is 1.41 bits per heavy atom. The predicted octanol–water partition coefficient (Wildman–Crippen LogP) is 3.29. The first-order valence-electron chi connectivity index (χ1n) is 11.4. The molecule has 2 aliphatic rings. The minimum Gasteiger partial charge on any atom is -0.468 e. The fourth-order valence-electron chi connectivity index (χ4n) is 5.45. The molecule has 2 fully saturated rings. The topological polar surface area (TPSA) is 75.7 Å². The molecule has 0 unspecified atom stereocenters. The number of hydrogen-bond donors (Lipinski definition) is 1. The van der Waals surface area contributed by atoms with Crippen LogP contribution in [0, 0.1) is 11.8 Å². The van der Waals surface area contributed by atoms with Crippen molar-refractivity contribution in [2.75, 3.05) is 7.11 Å². The van der Waals surface area contributed by atoms with E-state index in [1.54, 1.807) is 0 Å². The number of carbonyl (C=O) groups excluding carboxylic acids is 3. The fourth-order valence-corrected chi connectivity index (χ4v) is 5.45. The van der Waals surface area contributed by atoms with E-state index in [1.165, 1.54) is 12.0 Å².